The Bertz CT molecular complexity index is 1030. The van der Waals surface area contributed by atoms with Gasteiger partial charge < -0.3 is 9.47 Å². The smallest absolute Gasteiger partial charge is 0.271 e. The summed E-state index contributed by atoms with van der Waals surface area (Å²) in [5, 5.41) is 11.6. The predicted octanol–water partition coefficient (Wildman–Crippen LogP) is 4.16. The van der Waals surface area contributed by atoms with Crippen molar-refractivity contribution in [1.82, 2.24) is 15.6 Å². The van der Waals surface area contributed by atoms with Crippen LogP contribution < -0.4 is 14.9 Å². The van der Waals surface area contributed by atoms with E-state index in [0.717, 1.165) is 5.56 Å². The average molecular weight is 419 g/mol. The van der Waals surface area contributed by atoms with Gasteiger partial charge in [0.2, 0.25) is 0 Å². The van der Waals surface area contributed by atoms with Crippen molar-refractivity contribution >= 4 is 35.3 Å². The van der Waals surface area contributed by atoms with Crippen molar-refractivity contribution in [2.75, 3.05) is 14.2 Å². The summed E-state index contributed by atoms with van der Waals surface area (Å²) in [7, 11) is 3.14. The van der Waals surface area contributed by atoms with Gasteiger partial charge in [-0.1, -0.05) is 23.2 Å². The van der Waals surface area contributed by atoms with Crippen molar-refractivity contribution in [2.24, 2.45) is 5.10 Å². The molecule has 0 spiro atoms. The van der Waals surface area contributed by atoms with Crippen molar-refractivity contribution in [3.8, 4) is 22.8 Å². The summed E-state index contributed by atoms with van der Waals surface area (Å²) in [6.45, 7) is 0. The topological polar surface area (TPSA) is 88.6 Å². The molecular weight excluding hydrogens is 403 g/mol. The predicted molar refractivity (Wildman–Crippen MR) is 109 cm³/mol. The van der Waals surface area contributed by atoms with Gasteiger partial charge in [0.05, 0.1) is 42.4 Å². The van der Waals surface area contributed by atoms with E-state index in [9.17, 15) is 4.79 Å². The number of hydrogen-bond donors (Lipinski definition) is 2. The first-order chi connectivity index (χ1) is 13.5. The number of hydrazone groups is 1. The van der Waals surface area contributed by atoms with Crippen LogP contribution in [0, 0.1) is 0 Å². The highest BCUT2D eigenvalue weighted by atomic mass is 35.5. The number of carbonyl (C=O) groups excluding carboxylic acids is 1. The number of nitrogens with zero attached hydrogens (tertiary/aromatic N) is 2. The van der Waals surface area contributed by atoms with Crippen LogP contribution in [0.5, 0.6) is 11.5 Å². The summed E-state index contributed by atoms with van der Waals surface area (Å²) >= 11 is 11.8. The molecule has 3 aromatic rings. The minimum absolute atomic E-state index is 0.295. The Kier molecular flexibility index (Phi) is 6.18. The summed E-state index contributed by atoms with van der Waals surface area (Å²) < 4.78 is 10.6. The molecule has 3 rings (SSSR count). The normalized spacial score (nSPS) is 10.9. The van der Waals surface area contributed by atoms with Gasteiger partial charge in [0.1, 0.15) is 0 Å². The minimum Gasteiger partial charge on any atom is -0.493 e. The SMILES string of the molecule is COc1ccc(-c2[nH]ncc2/C=N/NC(=O)c2ccc(Cl)c(Cl)c2)cc1OC. The Morgan fingerprint density at radius 1 is 1.11 bits per heavy atom. The summed E-state index contributed by atoms with van der Waals surface area (Å²) in [5.41, 5.74) is 5.02. The summed E-state index contributed by atoms with van der Waals surface area (Å²) in [6, 6.07) is 10.1. The number of aromatic amines is 1. The molecule has 1 heterocycles. The number of ether oxygens (including phenoxy) is 2. The molecule has 0 atom stereocenters. The third-order valence-corrected chi connectivity index (χ3v) is 4.63. The zero-order valence-corrected chi connectivity index (χ0v) is 16.5. The fourth-order valence-electron chi connectivity index (χ4n) is 2.48. The number of hydrogen-bond acceptors (Lipinski definition) is 5. The zero-order valence-electron chi connectivity index (χ0n) is 15.0. The Morgan fingerprint density at radius 2 is 1.89 bits per heavy atom. The average Bonchev–Trinajstić information content (AvgIpc) is 3.17. The van der Waals surface area contributed by atoms with Crippen LogP contribution in [-0.2, 0) is 0 Å². The molecule has 0 saturated heterocycles. The molecule has 0 aliphatic heterocycles. The molecule has 7 nitrogen and oxygen atoms in total. The number of methoxy groups -OCH3 is 2. The van der Waals surface area contributed by atoms with Crippen LogP contribution in [0.2, 0.25) is 10.0 Å². The molecule has 0 bridgehead atoms. The van der Waals surface area contributed by atoms with Crippen LogP contribution >= 0.6 is 23.2 Å². The molecule has 0 fully saturated rings. The largest absolute Gasteiger partial charge is 0.493 e. The maximum Gasteiger partial charge on any atom is 0.271 e. The molecule has 1 amide bonds. The van der Waals surface area contributed by atoms with E-state index in [1.54, 1.807) is 38.6 Å². The molecule has 2 N–H and O–H groups in total. The number of amides is 1. The maximum absolute atomic E-state index is 12.2. The minimum atomic E-state index is -0.411. The van der Waals surface area contributed by atoms with Crippen molar-refractivity contribution in [3.05, 3.63) is 63.8 Å². The van der Waals surface area contributed by atoms with Crippen molar-refractivity contribution < 1.29 is 14.3 Å². The van der Waals surface area contributed by atoms with Crippen molar-refractivity contribution in [1.29, 1.82) is 0 Å². The Morgan fingerprint density at radius 3 is 2.61 bits per heavy atom. The molecule has 1 aromatic heterocycles. The van der Waals surface area contributed by atoms with Gasteiger partial charge in [0.25, 0.3) is 5.91 Å². The lowest BCUT2D eigenvalue weighted by Crippen LogP contribution is -2.17. The van der Waals surface area contributed by atoms with E-state index in [-0.39, 0.29) is 0 Å². The molecule has 9 heteroatoms. The van der Waals surface area contributed by atoms with Gasteiger partial charge in [-0.3, -0.25) is 9.89 Å². The summed E-state index contributed by atoms with van der Waals surface area (Å²) in [5.74, 6) is 0.797. The molecule has 0 radical (unpaired) electrons. The number of rotatable bonds is 6. The van der Waals surface area contributed by atoms with Crippen molar-refractivity contribution in [3.63, 3.8) is 0 Å². The number of carbonyl (C=O) groups is 1. The first-order valence-electron chi connectivity index (χ1n) is 8.07. The lowest BCUT2D eigenvalue weighted by molar-refractivity contribution is 0.0955. The Hall–Kier alpha value is -3.03. The molecule has 0 aliphatic carbocycles. The van der Waals surface area contributed by atoms with Gasteiger partial charge in [-0.2, -0.15) is 10.2 Å². The number of halogens is 2. The monoisotopic (exact) mass is 418 g/mol. The third-order valence-electron chi connectivity index (χ3n) is 3.89. The summed E-state index contributed by atoms with van der Waals surface area (Å²) in [6.07, 6.45) is 3.09. The molecule has 0 saturated carbocycles. The van der Waals surface area contributed by atoms with Gasteiger partial charge in [-0.05, 0) is 36.4 Å². The van der Waals surface area contributed by atoms with Gasteiger partial charge >= 0.3 is 0 Å². The highest BCUT2D eigenvalue weighted by Gasteiger charge is 2.11. The van der Waals surface area contributed by atoms with E-state index >= 15 is 0 Å². The van der Waals surface area contributed by atoms with E-state index in [1.165, 1.54) is 12.3 Å². The molecule has 28 heavy (non-hydrogen) atoms. The van der Waals surface area contributed by atoms with Gasteiger partial charge in [-0.15, -0.1) is 0 Å². The number of H-pyrrole nitrogens is 1. The van der Waals surface area contributed by atoms with E-state index in [1.807, 2.05) is 12.1 Å². The second-order valence-electron chi connectivity index (χ2n) is 5.60. The Balaban J connectivity index is 1.77. The maximum atomic E-state index is 12.2. The van der Waals surface area contributed by atoms with Gasteiger partial charge in [0.15, 0.2) is 11.5 Å². The Labute approximate surface area is 171 Å². The molecule has 0 unspecified atom stereocenters. The number of benzene rings is 2. The third kappa shape index (κ3) is 4.27. The summed E-state index contributed by atoms with van der Waals surface area (Å²) in [4.78, 5) is 12.2. The van der Waals surface area contributed by atoms with Crippen LogP contribution in [0.15, 0.2) is 47.7 Å². The molecule has 0 aliphatic rings. The fraction of sp³-hybridized carbons (Fsp3) is 0.105. The van der Waals surface area contributed by atoms with Crippen molar-refractivity contribution in [2.45, 2.75) is 0 Å². The number of nitrogens with one attached hydrogen (secondary N) is 2. The van der Waals surface area contributed by atoms with Gasteiger partial charge in [0, 0.05) is 16.7 Å². The first-order valence-corrected chi connectivity index (χ1v) is 8.83. The van der Waals surface area contributed by atoms with E-state index in [4.69, 9.17) is 32.7 Å². The molecule has 2 aromatic carbocycles. The van der Waals surface area contributed by atoms with Crippen LogP contribution in [0.3, 0.4) is 0 Å². The van der Waals surface area contributed by atoms with Crippen LogP contribution in [-0.4, -0.2) is 36.5 Å². The molecular formula is C19H16Cl2N4O3. The van der Waals surface area contributed by atoms with Crippen LogP contribution in [0.1, 0.15) is 15.9 Å². The van der Waals surface area contributed by atoms with E-state index < -0.39 is 5.91 Å². The fourth-order valence-corrected chi connectivity index (χ4v) is 2.78. The van der Waals surface area contributed by atoms with Crippen LogP contribution in [0.25, 0.3) is 11.3 Å². The second-order valence-corrected chi connectivity index (χ2v) is 6.41. The first kappa shape index (κ1) is 19.7. The van der Waals surface area contributed by atoms with E-state index in [0.29, 0.717) is 38.4 Å². The lowest BCUT2D eigenvalue weighted by atomic mass is 10.1. The highest BCUT2D eigenvalue weighted by molar-refractivity contribution is 6.42. The van der Waals surface area contributed by atoms with Gasteiger partial charge in [-0.25, -0.2) is 5.43 Å². The standard InChI is InChI=1S/C19H16Cl2N4O3/c1-27-16-6-4-11(8-17(16)28-2)18-13(9-22-24-18)10-23-25-19(26)12-3-5-14(20)15(21)7-12/h3-10H,1-2H3,(H,22,24)(H,25,26)/b23-10+. The highest BCUT2D eigenvalue weighted by Crippen LogP contribution is 2.32. The second kappa shape index (κ2) is 8.77. The lowest BCUT2D eigenvalue weighted by Gasteiger charge is -2.09. The quantitative estimate of drug-likeness (QED) is 0.464. The molecule has 144 valence electrons. The van der Waals surface area contributed by atoms with Crippen LogP contribution in [0.4, 0.5) is 0 Å². The zero-order chi connectivity index (χ0) is 20.1. The number of aromatic nitrogens is 2. The van der Waals surface area contributed by atoms with E-state index in [2.05, 4.69) is 20.7 Å².